The van der Waals surface area contributed by atoms with Crippen molar-refractivity contribution in [2.45, 2.75) is 37.8 Å². The Labute approximate surface area is 169 Å². The third-order valence-corrected chi connectivity index (χ3v) is 5.36. The summed E-state index contributed by atoms with van der Waals surface area (Å²) in [5, 5.41) is 11.0. The van der Waals surface area contributed by atoms with Crippen molar-refractivity contribution in [3.63, 3.8) is 0 Å². The van der Waals surface area contributed by atoms with E-state index in [1.807, 2.05) is 42.5 Å². The van der Waals surface area contributed by atoms with Crippen molar-refractivity contribution < 1.29 is 19.0 Å². The molecular weight excluding hydrogens is 370 g/mol. The summed E-state index contributed by atoms with van der Waals surface area (Å²) in [6.07, 6.45) is 3.49. The molecule has 7 heteroatoms. The number of hydrogen-bond acceptors (Lipinski definition) is 5. The highest BCUT2D eigenvalue weighted by Gasteiger charge is 2.26. The summed E-state index contributed by atoms with van der Waals surface area (Å²) in [7, 11) is 3.22. The zero-order valence-corrected chi connectivity index (χ0v) is 16.6. The first-order valence-corrected chi connectivity index (χ1v) is 9.81. The average molecular weight is 395 g/mol. The number of para-hydroxylation sites is 2. The molecule has 0 bridgehead atoms. The highest BCUT2D eigenvalue weighted by molar-refractivity contribution is 6.04. The van der Waals surface area contributed by atoms with Crippen molar-refractivity contribution >= 4 is 16.8 Å². The SMILES string of the molecule is COc1cccc(OC2CCC(NC(=O)c3n[nH]c4ccccc34)CC2)c1OC. The lowest BCUT2D eigenvalue weighted by Crippen LogP contribution is -2.39. The Hall–Kier alpha value is -3.22. The summed E-state index contributed by atoms with van der Waals surface area (Å²) in [4.78, 5) is 12.7. The number of aromatic nitrogens is 2. The molecule has 29 heavy (non-hydrogen) atoms. The van der Waals surface area contributed by atoms with Crippen molar-refractivity contribution in [2.24, 2.45) is 0 Å². The van der Waals surface area contributed by atoms with Gasteiger partial charge in [0.2, 0.25) is 5.75 Å². The number of ether oxygens (including phenoxy) is 3. The van der Waals surface area contributed by atoms with Gasteiger partial charge in [0.1, 0.15) is 0 Å². The van der Waals surface area contributed by atoms with E-state index in [-0.39, 0.29) is 18.1 Å². The minimum atomic E-state index is -0.138. The number of H-pyrrole nitrogens is 1. The Balaban J connectivity index is 1.35. The molecule has 7 nitrogen and oxygen atoms in total. The van der Waals surface area contributed by atoms with Crippen molar-refractivity contribution in [2.75, 3.05) is 14.2 Å². The number of aromatic amines is 1. The molecule has 1 aromatic heterocycles. The molecule has 1 fully saturated rings. The van der Waals surface area contributed by atoms with Crippen LogP contribution in [0.15, 0.2) is 42.5 Å². The molecular formula is C22H25N3O4. The lowest BCUT2D eigenvalue weighted by atomic mass is 9.92. The van der Waals surface area contributed by atoms with Gasteiger partial charge in [0.25, 0.3) is 5.91 Å². The van der Waals surface area contributed by atoms with Gasteiger partial charge in [-0.15, -0.1) is 0 Å². The summed E-state index contributed by atoms with van der Waals surface area (Å²) >= 11 is 0. The largest absolute Gasteiger partial charge is 0.493 e. The average Bonchev–Trinajstić information content (AvgIpc) is 3.19. The van der Waals surface area contributed by atoms with E-state index in [0.29, 0.717) is 22.9 Å². The highest BCUT2D eigenvalue weighted by Crippen LogP contribution is 2.38. The first-order chi connectivity index (χ1) is 14.2. The molecule has 0 saturated heterocycles. The number of benzene rings is 2. The zero-order valence-electron chi connectivity index (χ0n) is 16.6. The van der Waals surface area contributed by atoms with Gasteiger partial charge in [0.05, 0.1) is 25.8 Å². The quantitative estimate of drug-likeness (QED) is 0.665. The van der Waals surface area contributed by atoms with E-state index in [0.717, 1.165) is 36.6 Å². The van der Waals surface area contributed by atoms with Crippen molar-refractivity contribution in [1.29, 1.82) is 0 Å². The fourth-order valence-corrected chi connectivity index (χ4v) is 3.85. The Morgan fingerprint density at radius 2 is 1.76 bits per heavy atom. The molecule has 1 aliphatic carbocycles. The number of nitrogens with zero attached hydrogens (tertiary/aromatic N) is 1. The molecule has 152 valence electrons. The van der Waals surface area contributed by atoms with Gasteiger partial charge in [-0.25, -0.2) is 0 Å². The monoisotopic (exact) mass is 395 g/mol. The van der Waals surface area contributed by atoms with Crippen LogP contribution in [0.1, 0.15) is 36.2 Å². The summed E-state index contributed by atoms with van der Waals surface area (Å²) < 4.78 is 16.9. The number of amides is 1. The van der Waals surface area contributed by atoms with Crippen LogP contribution >= 0.6 is 0 Å². The van der Waals surface area contributed by atoms with Crippen LogP contribution in [0.25, 0.3) is 10.9 Å². The standard InChI is InChI=1S/C22H25N3O4/c1-27-18-8-5-9-19(21(18)28-2)29-15-12-10-14(11-13-15)23-22(26)20-16-6-3-4-7-17(16)24-25-20/h3-9,14-15H,10-13H2,1-2H3,(H,23,26)(H,24,25). The molecule has 2 aromatic carbocycles. The van der Waals surface area contributed by atoms with E-state index >= 15 is 0 Å². The number of hydrogen-bond donors (Lipinski definition) is 2. The van der Waals surface area contributed by atoms with Crippen LogP contribution in [0.5, 0.6) is 17.2 Å². The van der Waals surface area contributed by atoms with Crippen LogP contribution in [-0.4, -0.2) is 42.5 Å². The van der Waals surface area contributed by atoms with Crippen LogP contribution in [0, 0.1) is 0 Å². The third kappa shape index (κ3) is 3.99. The van der Waals surface area contributed by atoms with Crippen LogP contribution < -0.4 is 19.5 Å². The zero-order chi connectivity index (χ0) is 20.2. The molecule has 0 unspecified atom stereocenters. The molecule has 1 heterocycles. The second kappa shape index (κ2) is 8.43. The summed E-state index contributed by atoms with van der Waals surface area (Å²) in [6, 6.07) is 13.4. The van der Waals surface area contributed by atoms with Gasteiger partial charge in [-0.05, 0) is 43.9 Å². The lowest BCUT2D eigenvalue weighted by molar-refractivity contribution is 0.0888. The van der Waals surface area contributed by atoms with Crippen molar-refractivity contribution in [3.8, 4) is 17.2 Å². The lowest BCUT2D eigenvalue weighted by Gasteiger charge is -2.30. The van der Waals surface area contributed by atoms with Crippen molar-refractivity contribution in [3.05, 3.63) is 48.2 Å². The highest BCUT2D eigenvalue weighted by atomic mass is 16.5. The topological polar surface area (TPSA) is 85.5 Å². The second-order valence-electron chi connectivity index (χ2n) is 7.17. The van der Waals surface area contributed by atoms with E-state index in [2.05, 4.69) is 15.5 Å². The van der Waals surface area contributed by atoms with Gasteiger partial charge in [-0.3, -0.25) is 9.89 Å². The minimum absolute atomic E-state index is 0.0790. The number of nitrogens with one attached hydrogen (secondary N) is 2. The number of carbonyl (C=O) groups excluding carboxylic acids is 1. The van der Waals surface area contributed by atoms with Gasteiger partial charge in [0.15, 0.2) is 17.2 Å². The molecule has 0 radical (unpaired) electrons. The fourth-order valence-electron chi connectivity index (χ4n) is 3.85. The molecule has 4 rings (SSSR count). The second-order valence-corrected chi connectivity index (χ2v) is 7.17. The van der Waals surface area contributed by atoms with Crippen LogP contribution in [-0.2, 0) is 0 Å². The number of fused-ring (bicyclic) bond motifs is 1. The third-order valence-electron chi connectivity index (χ3n) is 5.36. The smallest absolute Gasteiger partial charge is 0.272 e. The Morgan fingerprint density at radius 1 is 1.00 bits per heavy atom. The molecule has 1 amide bonds. The summed E-state index contributed by atoms with van der Waals surface area (Å²) in [6.45, 7) is 0. The first-order valence-electron chi connectivity index (χ1n) is 9.81. The Bertz CT molecular complexity index is 993. The molecule has 0 spiro atoms. The minimum Gasteiger partial charge on any atom is -0.493 e. The number of carbonyl (C=O) groups is 1. The van der Waals surface area contributed by atoms with E-state index in [9.17, 15) is 4.79 Å². The fraction of sp³-hybridized carbons (Fsp3) is 0.364. The van der Waals surface area contributed by atoms with Gasteiger partial charge in [-0.2, -0.15) is 5.10 Å². The van der Waals surface area contributed by atoms with Gasteiger partial charge in [0, 0.05) is 11.4 Å². The maximum absolute atomic E-state index is 12.7. The normalized spacial score (nSPS) is 19.0. The summed E-state index contributed by atoms with van der Waals surface area (Å²) in [5.41, 5.74) is 1.31. The van der Waals surface area contributed by atoms with Gasteiger partial charge >= 0.3 is 0 Å². The van der Waals surface area contributed by atoms with Gasteiger partial charge in [-0.1, -0.05) is 24.3 Å². The number of methoxy groups -OCH3 is 2. The Kier molecular flexibility index (Phi) is 5.55. The Morgan fingerprint density at radius 3 is 2.52 bits per heavy atom. The molecule has 0 aliphatic heterocycles. The van der Waals surface area contributed by atoms with Crippen LogP contribution in [0.2, 0.25) is 0 Å². The van der Waals surface area contributed by atoms with Crippen molar-refractivity contribution in [1.82, 2.24) is 15.5 Å². The number of rotatable bonds is 6. The van der Waals surface area contributed by atoms with E-state index in [4.69, 9.17) is 14.2 Å². The van der Waals surface area contributed by atoms with Crippen LogP contribution in [0.4, 0.5) is 0 Å². The maximum atomic E-state index is 12.7. The first kappa shape index (κ1) is 19.1. The molecule has 2 N–H and O–H groups in total. The van der Waals surface area contributed by atoms with E-state index < -0.39 is 0 Å². The molecule has 1 saturated carbocycles. The molecule has 0 atom stereocenters. The van der Waals surface area contributed by atoms with Crippen LogP contribution in [0.3, 0.4) is 0 Å². The predicted molar refractivity (Wildman–Crippen MR) is 110 cm³/mol. The van der Waals surface area contributed by atoms with E-state index in [1.54, 1.807) is 14.2 Å². The molecule has 3 aromatic rings. The molecule has 1 aliphatic rings. The predicted octanol–water partition coefficient (Wildman–Crippen LogP) is 3.70. The summed E-state index contributed by atoms with van der Waals surface area (Å²) in [5.74, 6) is 1.80. The van der Waals surface area contributed by atoms with Gasteiger partial charge < -0.3 is 19.5 Å². The maximum Gasteiger partial charge on any atom is 0.272 e. The van der Waals surface area contributed by atoms with E-state index in [1.165, 1.54) is 0 Å².